The minimum Gasteiger partial charge on any atom is -0.368 e. The molecule has 0 aliphatic rings. The van der Waals surface area contributed by atoms with E-state index in [2.05, 4.69) is 4.98 Å². The summed E-state index contributed by atoms with van der Waals surface area (Å²) in [4.78, 5) is 29.0. The topological polar surface area (TPSA) is 76.3 Å². The molecule has 23 heavy (non-hydrogen) atoms. The van der Waals surface area contributed by atoms with E-state index in [-0.39, 0.29) is 12.5 Å². The Balaban J connectivity index is 2.12. The zero-order chi connectivity index (χ0) is 16.8. The van der Waals surface area contributed by atoms with Crippen molar-refractivity contribution in [2.24, 2.45) is 5.73 Å². The summed E-state index contributed by atoms with van der Waals surface area (Å²) in [5, 5.41) is 1.06. The van der Waals surface area contributed by atoms with Crippen LogP contribution in [-0.4, -0.2) is 34.8 Å². The smallest absolute Gasteiger partial charge is 0.255 e. The van der Waals surface area contributed by atoms with E-state index < -0.39 is 5.91 Å². The Bertz CT molecular complexity index is 708. The van der Waals surface area contributed by atoms with Gasteiger partial charge in [-0.1, -0.05) is 29.3 Å². The Labute approximate surface area is 144 Å². The second-order valence-corrected chi connectivity index (χ2v) is 5.76. The van der Waals surface area contributed by atoms with Gasteiger partial charge in [0.05, 0.1) is 12.1 Å². The third-order valence-electron chi connectivity index (χ3n) is 3.21. The van der Waals surface area contributed by atoms with Gasteiger partial charge in [-0.25, -0.2) is 0 Å². The highest BCUT2D eigenvalue weighted by molar-refractivity contribution is 6.35. The zero-order valence-electron chi connectivity index (χ0n) is 12.2. The average molecular weight is 352 g/mol. The van der Waals surface area contributed by atoms with Gasteiger partial charge in [0.2, 0.25) is 5.91 Å². The molecule has 2 aromatic rings. The van der Waals surface area contributed by atoms with Crippen molar-refractivity contribution in [1.82, 2.24) is 9.88 Å². The molecule has 2 N–H and O–H groups in total. The first-order chi connectivity index (χ1) is 11.0. The molecule has 7 heteroatoms. The van der Waals surface area contributed by atoms with Gasteiger partial charge in [0.15, 0.2) is 0 Å². The van der Waals surface area contributed by atoms with Crippen LogP contribution in [0.2, 0.25) is 10.0 Å². The molecule has 2 rings (SSSR count). The summed E-state index contributed by atoms with van der Waals surface area (Å²) in [5.41, 5.74) is 6.47. The maximum atomic E-state index is 12.5. The fourth-order valence-electron chi connectivity index (χ4n) is 2.09. The van der Waals surface area contributed by atoms with Crippen molar-refractivity contribution in [3.8, 4) is 0 Å². The van der Waals surface area contributed by atoms with Crippen molar-refractivity contribution in [3.05, 3.63) is 63.9 Å². The molecule has 0 spiro atoms. The molecule has 2 amide bonds. The van der Waals surface area contributed by atoms with Crippen molar-refractivity contribution in [1.29, 1.82) is 0 Å². The normalized spacial score (nSPS) is 10.3. The van der Waals surface area contributed by atoms with Crippen molar-refractivity contribution < 1.29 is 9.59 Å². The number of hydrogen-bond donors (Lipinski definition) is 1. The van der Waals surface area contributed by atoms with Gasteiger partial charge in [-0.15, -0.1) is 0 Å². The first kappa shape index (κ1) is 17.2. The first-order valence-electron chi connectivity index (χ1n) is 6.89. The highest BCUT2D eigenvalue weighted by atomic mass is 35.5. The van der Waals surface area contributed by atoms with Crippen molar-refractivity contribution in [3.63, 3.8) is 0 Å². The van der Waals surface area contributed by atoms with Crippen LogP contribution < -0.4 is 5.73 Å². The quantitative estimate of drug-likeness (QED) is 0.868. The Morgan fingerprint density at radius 2 is 2.00 bits per heavy atom. The molecule has 0 fully saturated rings. The van der Waals surface area contributed by atoms with Crippen LogP contribution in [0.5, 0.6) is 0 Å². The largest absolute Gasteiger partial charge is 0.368 e. The van der Waals surface area contributed by atoms with Gasteiger partial charge in [0.25, 0.3) is 5.91 Å². The summed E-state index contributed by atoms with van der Waals surface area (Å²) < 4.78 is 0. The van der Waals surface area contributed by atoms with E-state index in [1.54, 1.807) is 36.5 Å². The van der Waals surface area contributed by atoms with Gasteiger partial charge in [-0.2, -0.15) is 0 Å². The molecule has 120 valence electrons. The lowest BCUT2D eigenvalue weighted by Gasteiger charge is -2.21. The molecule has 0 atom stereocenters. The molecule has 1 aromatic heterocycles. The van der Waals surface area contributed by atoms with Crippen LogP contribution in [0.3, 0.4) is 0 Å². The summed E-state index contributed by atoms with van der Waals surface area (Å²) in [6.45, 7) is 0.136. The van der Waals surface area contributed by atoms with E-state index in [0.29, 0.717) is 28.6 Å². The molecule has 0 aliphatic heterocycles. The molecule has 0 aliphatic carbocycles. The van der Waals surface area contributed by atoms with E-state index in [9.17, 15) is 9.59 Å². The van der Waals surface area contributed by atoms with Crippen LogP contribution in [0.15, 0.2) is 42.7 Å². The number of carbonyl (C=O) groups excluding carboxylic acids is 2. The van der Waals surface area contributed by atoms with E-state index in [1.165, 1.54) is 11.1 Å². The van der Waals surface area contributed by atoms with Crippen LogP contribution in [0.4, 0.5) is 0 Å². The Hall–Kier alpha value is -2.11. The van der Waals surface area contributed by atoms with Gasteiger partial charge >= 0.3 is 0 Å². The van der Waals surface area contributed by atoms with Crippen LogP contribution in [0, 0.1) is 0 Å². The van der Waals surface area contributed by atoms with Crippen LogP contribution in [0.25, 0.3) is 0 Å². The number of amides is 2. The number of carbonyl (C=O) groups is 2. The molecule has 0 bridgehead atoms. The van der Waals surface area contributed by atoms with Crippen LogP contribution in [0.1, 0.15) is 15.9 Å². The van der Waals surface area contributed by atoms with E-state index in [0.717, 1.165) is 5.56 Å². The molecular formula is C16H15Cl2N3O2. The fourth-order valence-corrected chi connectivity index (χ4v) is 2.60. The zero-order valence-corrected chi connectivity index (χ0v) is 13.7. The molecule has 0 saturated carbocycles. The monoisotopic (exact) mass is 351 g/mol. The molecule has 1 heterocycles. The van der Waals surface area contributed by atoms with Gasteiger partial charge in [-0.3, -0.25) is 14.6 Å². The van der Waals surface area contributed by atoms with Gasteiger partial charge < -0.3 is 10.6 Å². The minimum absolute atomic E-state index is 0.168. The van der Waals surface area contributed by atoms with E-state index in [4.69, 9.17) is 28.9 Å². The fraction of sp³-hybridized carbons (Fsp3) is 0.188. The number of rotatable bonds is 6. The lowest BCUT2D eigenvalue weighted by Crippen LogP contribution is -2.39. The number of hydrogen-bond acceptors (Lipinski definition) is 3. The van der Waals surface area contributed by atoms with Crippen LogP contribution in [-0.2, 0) is 11.2 Å². The Morgan fingerprint density at radius 1 is 1.22 bits per heavy atom. The van der Waals surface area contributed by atoms with Gasteiger partial charge in [0.1, 0.15) is 0 Å². The summed E-state index contributed by atoms with van der Waals surface area (Å²) in [6, 6.07) is 8.45. The maximum Gasteiger partial charge on any atom is 0.255 e. The Kier molecular flexibility index (Phi) is 5.96. The molecule has 0 unspecified atom stereocenters. The molecular weight excluding hydrogens is 337 g/mol. The maximum absolute atomic E-state index is 12.5. The third-order valence-corrected chi connectivity index (χ3v) is 3.80. The predicted molar refractivity (Wildman–Crippen MR) is 89.5 cm³/mol. The van der Waals surface area contributed by atoms with Crippen molar-refractivity contribution in [2.75, 3.05) is 13.1 Å². The highest BCUT2D eigenvalue weighted by Gasteiger charge is 2.18. The second kappa shape index (κ2) is 7.94. The third kappa shape index (κ3) is 4.94. The molecule has 1 aromatic carbocycles. The second-order valence-electron chi connectivity index (χ2n) is 4.92. The number of halogens is 2. The lowest BCUT2D eigenvalue weighted by atomic mass is 10.1. The predicted octanol–water partition coefficient (Wildman–Crippen LogP) is 2.56. The van der Waals surface area contributed by atoms with Gasteiger partial charge in [0, 0.05) is 29.0 Å². The standard InChI is InChI=1S/C16H15Cl2N3O2/c17-13-4-3-11(14(18)8-13)5-7-21(10-15(19)22)16(23)12-2-1-6-20-9-12/h1-4,6,8-9H,5,7,10H2,(H2,19,22). The number of benzene rings is 1. The Morgan fingerprint density at radius 3 is 2.61 bits per heavy atom. The summed E-state index contributed by atoms with van der Waals surface area (Å²) in [6.07, 6.45) is 3.50. The SMILES string of the molecule is NC(=O)CN(CCc1ccc(Cl)cc1Cl)C(=O)c1cccnc1. The van der Waals surface area contributed by atoms with Gasteiger partial charge in [-0.05, 0) is 36.2 Å². The number of nitrogens with two attached hydrogens (primary N) is 1. The molecule has 0 radical (unpaired) electrons. The average Bonchev–Trinajstić information content (AvgIpc) is 2.52. The summed E-state index contributed by atoms with van der Waals surface area (Å²) in [7, 11) is 0. The highest BCUT2D eigenvalue weighted by Crippen LogP contribution is 2.21. The summed E-state index contributed by atoms with van der Waals surface area (Å²) in [5.74, 6) is -0.883. The number of primary amides is 1. The van der Waals surface area contributed by atoms with E-state index >= 15 is 0 Å². The summed E-state index contributed by atoms with van der Waals surface area (Å²) >= 11 is 12.0. The lowest BCUT2D eigenvalue weighted by molar-refractivity contribution is -0.118. The van der Waals surface area contributed by atoms with E-state index in [1.807, 2.05) is 0 Å². The number of aromatic nitrogens is 1. The number of nitrogens with zero attached hydrogens (tertiary/aromatic N) is 2. The molecule has 5 nitrogen and oxygen atoms in total. The number of pyridine rings is 1. The van der Waals surface area contributed by atoms with Crippen molar-refractivity contribution in [2.45, 2.75) is 6.42 Å². The first-order valence-corrected chi connectivity index (χ1v) is 7.64. The van der Waals surface area contributed by atoms with Crippen molar-refractivity contribution >= 4 is 35.0 Å². The molecule has 0 saturated heterocycles. The minimum atomic E-state index is -0.579. The van der Waals surface area contributed by atoms with Crippen LogP contribution >= 0.6 is 23.2 Å².